The first-order valence-corrected chi connectivity index (χ1v) is 6.68. The van der Waals surface area contributed by atoms with Crippen molar-refractivity contribution in [1.29, 1.82) is 5.26 Å². The molecule has 0 amide bonds. The molecule has 0 saturated carbocycles. The van der Waals surface area contributed by atoms with Gasteiger partial charge in [-0.2, -0.15) is 10.2 Å². The number of H-pyrrole nitrogens is 1. The topological polar surface area (TPSA) is 74.6 Å². The number of nitrogens with one attached hydrogen (secondary N) is 1. The van der Waals surface area contributed by atoms with Crippen LogP contribution in [0, 0.1) is 18.3 Å². The Balaban J connectivity index is 1.80. The van der Waals surface area contributed by atoms with Crippen LogP contribution in [0.2, 0.25) is 5.02 Å². The molecule has 0 aliphatic heterocycles. The summed E-state index contributed by atoms with van der Waals surface area (Å²) in [6, 6.07) is 11.0. The molecule has 21 heavy (non-hydrogen) atoms. The van der Waals surface area contributed by atoms with E-state index in [4.69, 9.17) is 21.6 Å². The standard InChI is InChI=1S/C15H11ClN4O/c1-9-18-13-6-12(16)15(20-14(13)19-9)21-8-11-4-2-10(7-17)3-5-11/h2-6H,8H2,1H3,(H,18,19,20). The van der Waals surface area contributed by atoms with Gasteiger partial charge in [-0.05, 0) is 30.7 Å². The fourth-order valence-corrected chi connectivity index (χ4v) is 2.16. The molecule has 0 aliphatic carbocycles. The third kappa shape index (κ3) is 2.81. The first-order valence-electron chi connectivity index (χ1n) is 6.30. The molecular weight excluding hydrogens is 288 g/mol. The van der Waals surface area contributed by atoms with Crippen LogP contribution in [0.4, 0.5) is 0 Å². The summed E-state index contributed by atoms with van der Waals surface area (Å²) in [5.41, 5.74) is 2.91. The minimum absolute atomic E-state index is 0.327. The smallest absolute Gasteiger partial charge is 0.235 e. The molecule has 1 N–H and O–H groups in total. The van der Waals surface area contributed by atoms with Crippen molar-refractivity contribution >= 4 is 22.8 Å². The first-order chi connectivity index (χ1) is 10.2. The van der Waals surface area contributed by atoms with Crippen molar-refractivity contribution in [2.24, 2.45) is 0 Å². The number of fused-ring (bicyclic) bond motifs is 1. The van der Waals surface area contributed by atoms with Crippen molar-refractivity contribution < 1.29 is 4.74 Å². The Morgan fingerprint density at radius 3 is 2.76 bits per heavy atom. The largest absolute Gasteiger partial charge is 0.472 e. The normalized spacial score (nSPS) is 10.5. The number of aromatic amines is 1. The van der Waals surface area contributed by atoms with E-state index >= 15 is 0 Å². The van der Waals surface area contributed by atoms with Gasteiger partial charge in [-0.25, -0.2) is 4.98 Å². The fourth-order valence-electron chi connectivity index (χ4n) is 1.95. The second kappa shape index (κ2) is 5.43. The van der Waals surface area contributed by atoms with Crippen LogP contribution in [0.3, 0.4) is 0 Å². The van der Waals surface area contributed by atoms with E-state index in [1.54, 1.807) is 18.2 Å². The number of rotatable bonds is 3. The van der Waals surface area contributed by atoms with Gasteiger partial charge in [0.25, 0.3) is 0 Å². The minimum Gasteiger partial charge on any atom is -0.472 e. The Morgan fingerprint density at radius 2 is 2.05 bits per heavy atom. The van der Waals surface area contributed by atoms with Crippen LogP contribution in [-0.2, 0) is 6.61 Å². The van der Waals surface area contributed by atoms with Crippen LogP contribution in [0.15, 0.2) is 30.3 Å². The number of nitriles is 1. The average Bonchev–Trinajstić information content (AvgIpc) is 2.84. The van der Waals surface area contributed by atoms with Crippen LogP contribution < -0.4 is 4.74 Å². The summed E-state index contributed by atoms with van der Waals surface area (Å²) in [6.07, 6.45) is 0. The predicted octanol–water partition coefficient (Wildman–Crippen LogP) is 3.37. The third-order valence-electron chi connectivity index (χ3n) is 2.97. The number of pyridine rings is 1. The zero-order valence-corrected chi connectivity index (χ0v) is 12.0. The second-order valence-electron chi connectivity index (χ2n) is 4.57. The van der Waals surface area contributed by atoms with Gasteiger partial charge in [-0.1, -0.05) is 23.7 Å². The molecule has 2 aromatic heterocycles. The number of aromatic nitrogens is 3. The van der Waals surface area contributed by atoms with E-state index in [1.165, 1.54) is 0 Å². The number of aryl methyl sites for hydroxylation is 1. The molecule has 0 saturated heterocycles. The molecular formula is C15H11ClN4O. The van der Waals surface area contributed by atoms with Crippen LogP contribution in [0.1, 0.15) is 17.0 Å². The number of benzene rings is 1. The lowest BCUT2D eigenvalue weighted by molar-refractivity contribution is 0.295. The molecule has 0 radical (unpaired) electrons. The molecule has 0 bridgehead atoms. The molecule has 2 heterocycles. The molecule has 5 nitrogen and oxygen atoms in total. The number of imidazole rings is 1. The van der Waals surface area contributed by atoms with Gasteiger partial charge in [0.1, 0.15) is 17.5 Å². The molecule has 1 aromatic carbocycles. The Bertz CT molecular complexity index is 833. The molecule has 3 aromatic rings. The summed E-state index contributed by atoms with van der Waals surface area (Å²) in [4.78, 5) is 11.6. The lowest BCUT2D eigenvalue weighted by atomic mass is 10.2. The highest BCUT2D eigenvalue weighted by Gasteiger charge is 2.09. The highest BCUT2D eigenvalue weighted by molar-refractivity contribution is 6.32. The predicted molar refractivity (Wildman–Crippen MR) is 79.1 cm³/mol. The molecule has 104 valence electrons. The van der Waals surface area contributed by atoms with Crippen molar-refractivity contribution in [3.8, 4) is 11.9 Å². The van der Waals surface area contributed by atoms with Gasteiger partial charge in [0, 0.05) is 0 Å². The van der Waals surface area contributed by atoms with Gasteiger partial charge in [-0.3, -0.25) is 0 Å². The summed E-state index contributed by atoms with van der Waals surface area (Å²) < 4.78 is 5.63. The van der Waals surface area contributed by atoms with Gasteiger partial charge in [-0.15, -0.1) is 0 Å². The van der Waals surface area contributed by atoms with E-state index in [1.807, 2.05) is 19.1 Å². The maximum absolute atomic E-state index is 8.76. The Labute approximate surface area is 126 Å². The van der Waals surface area contributed by atoms with Gasteiger partial charge < -0.3 is 9.72 Å². The van der Waals surface area contributed by atoms with Crippen LogP contribution in [0.25, 0.3) is 11.2 Å². The monoisotopic (exact) mass is 298 g/mol. The van der Waals surface area contributed by atoms with E-state index in [9.17, 15) is 0 Å². The van der Waals surface area contributed by atoms with Gasteiger partial charge in [0.15, 0.2) is 5.65 Å². The zero-order valence-electron chi connectivity index (χ0n) is 11.2. The van der Waals surface area contributed by atoms with Crippen molar-refractivity contribution in [1.82, 2.24) is 15.0 Å². The molecule has 0 atom stereocenters. The molecule has 0 unspecified atom stereocenters. The quantitative estimate of drug-likeness (QED) is 0.804. The van der Waals surface area contributed by atoms with Gasteiger partial charge >= 0.3 is 0 Å². The summed E-state index contributed by atoms with van der Waals surface area (Å²) in [6.45, 7) is 2.18. The number of ether oxygens (including phenoxy) is 1. The average molecular weight is 299 g/mol. The van der Waals surface area contributed by atoms with Crippen molar-refractivity contribution in [2.45, 2.75) is 13.5 Å². The van der Waals surface area contributed by atoms with Crippen LogP contribution in [0.5, 0.6) is 5.88 Å². The number of nitrogens with zero attached hydrogens (tertiary/aromatic N) is 3. The van der Waals surface area contributed by atoms with E-state index in [0.717, 1.165) is 16.9 Å². The molecule has 0 aliphatic rings. The number of halogens is 1. The summed E-state index contributed by atoms with van der Waals surface area (Å²) in [5, 5.41) is 9.19. The Hall–Kier alpha value is -2.58. The van der Waals surface area contributed by atoms with E-state index in [-0.39, 0.29) is 0 Å². The van der Waals surface area contributed by atoms with Crippen molar-refractivity contribution in [3.05, 3.63) is 52.3 Å². The number of hydrogen-bond donors (Lipinski definition) is 1. The van der Waals surface area contributed by atoms with Crippen LogP contribution in [-0.4, -0.2) is 15.0 Å². The fraction of sp³-hybridized carbons (Fsp3) is 0.133. The van der Waals surface area contributed by atoms with Gasteiger partial charge in [0.2, 0.25) is 5.88 Å². The lowest BCUT2D eigenvalue weighted by Crippen LogP contribution is -1.98. The number of hydrogen-bond acceptors (Lipinski definition) is 4. The highest BCUT2D eigenvalue weighted by Crippen LogP contribution is 2.26. The van der Waals surface area contributed by atoms with E-state index < -0.39 is 0 Å². The highest BCUT2D eigenvalue weighted by atomic mass is 35.5. The lowest BCUT2D eigenvalue weighted by Gasteiger charge is -2.07. The maximum atomic E-state index is 8.76. The van der Waals surface area contributed by atoms with E-state index in [0.29, 0.717) is 28.7 Å². The van der Waals surface area contributed by atoms with Crippen molar-refractivity contribution in [3.63, 3.8) is 0 Å². The minimum atomic E-state index is 0.327. The molecule has 6 heteroatoms. The SMILES string of the molecule is Cc1nc2nc(OCc3ccc(C#N)cc3)c(Cl)cc2[nH]1. The second-order valence-corrected chi connectivity index (χ2v) is 4.97. The zero-order chi connectivity index (χ0) is 14.8. The molecule has 3 rings (SSSR count). The summed E-state index contributed by atoms with van der Waals surface area (Å²) in [7, 11) is 0. The first kappa shape index (κ1) is 13.4. The third-order valence-corrected chi connectivity index (χ3v) is 3.24. The Morgan fingerprint density at radius 1 is 1.29 bits per heavy atom. The van der Waals surface area contributed by atoms with E-state index in [2.05, 4.69) is 21.0 Å². The van der Waals surface area contributed by atoms with Crippen molar-refractivity contribution in [2.75, 3.05) is 0 Å². The molecule has 0 spiro atoms. The summed E-state index contributed by atoms with van der Waals surface area (Å²) >= 11 is 6.15. The van der Waals surface area contributed by atoms with Gasteiger partial charge in [0.05, 0.1) is 17.1 Å². The maximum Gasteiger partial charge on any atom is 0.235 e. The summed E-state index contributed by atoms with van der Waals surface area (Å²) in [5.74, 6) is 1.12. The van der Waals surface area contributed by atoms with Crippen LogP contribution >= 0.6 is 11.6 Å². The molecule has 0 fully saturated rings. The Kier molecular flexibility index (Phi) is 3.46.